The zero-order valence-electron chi connectivity index (χ0n) is 14.9. The third-order valence-electron chi connectivity index (χ3n) is 4.25. The summed E-state index contributed by atoms with van der Waals surface area (Å²) >= 11 is 0. The standard InChI is InChI=1S/C22H23N3O/c1-25(20-12-6-3-7-13-20)22(26)19-14-16-24-21(17-19)23-15-8-11-18-9-4-2-5-10-18/h2-7,9-10,12-14,16-17H,8,11,15H2,1H3,(H,23,24). The molecular weight excluding hydrogens is 322 g/mol. The predicted molar refractivity (Wildman–Crippen MR) is 107 cm³/mol. The summed E-state index contributed by atoms with van der Waals surface area (Å²) in [6, 6.07) is 23.6. The lowest BCUT2D eigenvalue weighted by Crippen LogP contribution is -2.26. The number of hydrogen-bond acceptors (Lipinski definition) is 3. The van der Waals surface area contributed by atoms with Crippen LogP contribution in [-0.2, 0) is 6.42 Å². The molecule has 0 bridgehead atoms. The van der Waals surface area contributed by atoms with Gasteiger partial charge in [0.15, 0.2) is 0 Å². The van der Waals surface area contributed by atoms with Crippen LogP contribution >= 0.6 is 0 Å². The number of para-hydroxylation sites is 1. The molecule has 2 aromatic carbocycles. The van der Waals surface area contributed by atoms with Crippen LogP contribution in [0.2, 0.25) is 0 Å². The SMILES string of the molecule is CN(C(=O)c1ccnc(NCCCc2ccccc2)c1)c1ccccc1. The number of nitrogens with one attached hydrogen (secondary N) is 1. The van der Waals surface area contributed by atoms with Crippen LogP contribution in [0.1, 0.15) is 22.3 Å². The number of aryl methyl sites for hydroxylation is 1. The van der Waals surface area contributed by atoms with Gasteiger partial charge in [0.1, 0.15) is 5.82 Å². The van der Waals surface area contributed by atoms with E-state index in [1.807, 2.05) is 42.5 Å². The molecule has 0 radical (unpaired) electrons. The van der Waals surface area contributed by atoms with E-state index in [-0.39, 0.29) is 5.91 Å². The van der Waals surface area contributed by atoms with Gasteiger partial charge in [-0.15, -0.1) is 0 Å². The second kappa shape index (κ2) is 8.81. The Kier molecular flexibility index (Phi) is 5.99. The topological polar surface area (TPSA) is 45.2 Å². The highest BCUT2D eigenvalue weighted by Gasteiger charge is 2.13. The Bertz CT molecular complexity index is 834. The zero-order chi connectivity index (χ0) is 18.2. The molecule has 1 amide bonds. The molecule has 0 saturated heterocycles. The Morgan fingerprint density at radius 2 is 1.69 bits per heavy atom. The van der Waals surface area contributed by atoms with E-state index in [9.17, 15) is 4.79 Å². The summed E-state index contributed by atoms with van der Waals surface area (Å²) in [6.07, 6.45) is 3.70. The van der Waals surface area contributed by atoms with Gasteiger partial charge in [0.2, 0.25) is 0 Å². The van der Waals surface area contributed by atoms with Gasteiger partial charge in [-0.1, -0.05) is 48.5 Å². The van der Waals surface area contributed by atoms with Crippen molar-refractivity contribution >= 4 is 17.4 Å². The van der Waals surface area contributed by atoms with E-state index in [1.54, 1.807) is 24.2 Å². The van der Waals surface area contributed by atoms with E-state index >= 15 is 0 Å². The first kappa shape index (κ1) is 17.7. The molecule has 3 aromatic rings. The number of hydrogen-bond donors (Lipinski definition) is 1. The van der Waals surface area contributed by atoms with Crippen molar-refractivity contribution in [3.63, 3.8) is 0 Å². The first-order chi connectivity index (χ1) is 12.7. The van der Waals surface area contributed by atoms with Gasteiger partial charge in [-0.05, 0) is 42.7 Å². The molecule has 1 heterocycles. The van der Waals surface area contributed by atoms with Crippen LogP contribution in [0.15, 0.2) is 79.0 Å². The fraction of sp³-hybridized carbons (Fsp3) is 0.182. The number of rotatable bonds is 7. The third kappa shape index (κ3) is 4.70. The van der Waals surface area contributed by atoms with Crippen molar-refractivity contribution in [3.05, 3.63) is 90.1 Å². The average molecular weight is 345 g/mol. The summed E-state index contributed by atoms with van der Waals surface area (Å²) in [5.41, 5.74) is 2.82. The summed E-state index contributed by atoms with van der Waals surface area (Å²) in [4.78, 5) is 18.6. The van der Waals surface area contributed by atoms with Crippen molar-refractivity contribution in [2.75, 3.05) is 23.8 Å². The first-order valence-corrected chi connectivity index (χ1v) is 8.81. The minimum atomic E-state index is -0.0501. The van der Waals surface area contributed by atoms with E-state index in [2.05, 4.69) is 34.6 Å². The summed E-state index contributed by atoms with van der Waals surface area (Å²) < 4.78 is 0. The van der Waals surface area contributed by atoms with Crippen LogP contribution in [0.4, 0.5) is 11.5 Å². The molecule has 0 atom stereocenters. The Balaban J connectivity index is 1.56. The largest absolute Gasteiger partial charge is 0.370 e. The van der Waals surface area contributed by atoms with Crippen molar-refractivity contribution in [1.29, 1.82) is 0 Å². The summed E-state index contributed by atoms with van der Waals surface area (Å²) in [7, 11) is 1.78. The monoisotopic (exact) mass is 345 g/mol. The molecule has 0 spiro atoms. The average Bonchev–Trinajstić information content (AvgIpc) is 2.72. The fourth-order valence-electron chi connectivity index (χ4n) is 2.78. The second-order valence-corrected chi connectivity index (χ2v) is 6.15. The maximum atomic E-state index is 12.7. The smallest absolute Gasteiger partial charge is 0.258 e. The highest BCUT2D eigenvalue weighted by atomic mass is 16.2. The summed E-state index contributed by atoms with van der Waals surface area (Å²) in [5.74, 6) is 0.677. The fourth-order valence-corrected chi connectivity index (χ4v) is 2.78. The van der Waals surface area contributed by atoms with Crippen LogP contribution in [0.3, 0.4) is 0 Å². The van der Waals surface area contributed by atoms with Gasteiger partial charge in [-0.25, -0.2) is 4.98 Å². The Hall–Kier alpha value is -3.14. The van der Waals surface area contributed by atoms with Crippen LogP contribution in [-0.4, -0.2) is 24.5 Å². The highest BCUT2D eigenvalue weighted by Crippen LogP contribution is 2.16. The Labute approximate surface area is 154 Å². The molecule has 132 valence electrons. The number of nitrogens with zero attached hydrogens (tertiary/aromatic N) is 2. The minimum absolute atomic E-state index is 0.0501. The Morgan fingerprint density at radius 1 is 1.00 bits per heavy atom. The lowest BCUT2D eigenvalue weighted by molar-refractivity contribution is 0.0993. The van der Waals surface area contributed by atoms with Crippen LogP contribution in [0.25, 0.3) is 0 Å². The van der Waals surface area contributed by atoms with E-state index < -0.39 is 0 Å². The number of pyridine rings is 1. The molecule has 0 fully saturated rings. The van der Waals surface area contributed by atoms with Crippen LogP contribution < -0.4 is 10.2 Å². The molecule has 0 aliphatic heterocycles. The molecule has 3 rings (SSSR count). The van der Waals surface area contributed by atoms with Crippen molar-refractivity contribution < 1.29 is 4.79 Å². The van der Waals surface area contributed by atoms with Gasteiger partial charge in [0, 0.05) is 31.0 Å². The van der Waals surface area contributed by atoms with Crippen LogP contribution in [0.5, 0.6) is 0 Å². The molecule has 26 heavy (non-hydrogen) atoms. The zero-order valence-corrected chi connectivity index (χ0v) is 14.9. The molecule has 1 N–H and O–H groups in total. The lowest BCUT2D eigenvalue weighted by atomic mass is 10.1. The normalized spacial score (nSPS) is 10.3. The molecule has 0 aliphatic rings. The van der Waals surface area contributed by atoms with E-state index in [0.29, 0.717) is 5.56 Å². The van der Waals surface area contributed by atoms with E-state index in [4.69, 9.17) is 0 Å². The third-order valence-corrected chi connectivity index (χ3v) is 4.25. The van der Waals surface area contributed by atoms with Crippen LogP contribution in [0, 0.1) is 0 Å². The van der Waals surface area contributed by atoms with Gasteiger partial charge >= 0.3 is 0 Å². The maximum Gasteiger partial charge on any atom is 0.258 e. The number of anilines is 2. The second-order valence-electron chi connectivity index (χ2n) is 6.15. The summed E-state index contributed by atoms with van der Waals surface area (Å²) in [6.45, 7) is 0.814. The summed E-state index contributed by atoms with van der Waals surface area (Å²) in [5, 5.41) is 3.31. The number of carbonyl (C=O) groups is 1. The van der Waals surface area contributed by atoms with Gasteiger partial charge in [-0.3, -0.25) is 4.79 Å². The molecule has 4 nitrogen and oxygen atoms in total. The number of carbonyl (C=O) groups excluding carboxylic acids is 1. The first-order valence-electron chi connectivity index (χ1n) is 8.81. The number of amides is 1. The van der Waals surface area contributed by atoms with Crippen molar-refractivity contribution in [2.45, 2.75) is 12.8 Å². The Morgan fingerprint density at radius 3 is 2.42 bits per heavy atom. The number of aromatic nitrogens is 1. The van der Waals surface area contributed by atoms with Gasteiger partial charge in [0.25, 0.3) is 5.91 Å². The highest BCUT2D eigenvalue weighted by molar-refractivity contribution is 6.06. The lowest BCUT2D eigenvalue weighted by Gasteiger charge is -2.17. The minimum Gasteiger partial charge on any atom is -0.370 e. The predicted octanol–water partition coefficient (Wildman–Crippen LogP) is 4.40. The maximum absolute atomic E-state index is 12.7. The molecule has 1 aromatic heterocycles. The number of benzene rings is 2. The van der Waals surface area contributed by atoms with Crippen molar-refractivity contribution in [3.8, 4) is 0 Å². The molecular formula is C22H23N3O. The molecule has 0 aliphatic carbocycles. The van der Waals surface area contributed by atoms with Gasteiger partial charge in [-0.2, -0.15) is 0 Å². The van der Waals surface area contributed by atoms with E-state index in [1.165, 1.54) is 5.56 Å². The van der Waals surface area contributed by atoms with Gasteiger partial charge in [0.05, 0.1) is 0 Å². The molecule has 4 heteroatoms. The molecule has 0 unspecified atom stereocenters. The van der Waals surface area contributed by atoms with Crippen molar-refractivity contribution in [1.82, 2.24) is 4.98 Å². The van der Waals surface area contributed by atoms with Gasteiger partial charge < -0.3 is 10.2 Å². The van der Waals surface area contributed by atoms with Crippen molar-refractivity contribution in [2.24, 2.45) is 0 Å². The molecule has 0 saturated carbocycles. The quantitative estimate of drug-likeness (QED) is 0.646. The van der Waals surface area contributed by atoms with E-state index in [0.717, 1.165) is 30.9 Å².